The molecule has 136 valence electrons. The molecule has 0 aromatic carbocycles. The smallest absolute Gasteiger partial charge is 0.0146 e. The minimum absolute atomic E-state index is 1.21. The predicted octanol–water partition coefficient (Wildman–Crippen LogP) is 9.34. The molecule has 0 nitrogen and oxygen atoms in total. The average Bonchev–Trinajstić information content (AvgIpc) is 2.57. The zero-order valence-corrected chi connectivity index (χ0v) is 16.9. The molecular weight excluding hydrogens is 295 g/mol. The zero-order chi connectivity index (χ0) is 16.8. The van der Waals surface area contributed by atoms with Gasteiger partial charge in [-0.25, -0.2) is 0 Å². The van der Waals surface area contributed by atoms with Crippen molar-refractivity contribution in [3.05, 3.63) is 11.9 Å². The molecule has 0 saturated heterocycles. The molecule has 0 aromatic rings. The second kappa shape index (κ2) is 22.2. The highest BCUT2D eigenvalue weighted by Crippen LogP contribution is 2.14. The van der Waals surface area contributed by atoms with Gasteiger partial charge in [0.1, 0.15) is 0 Å². The Labute approximate surface area is 150 Å². The summed E-state index contributed by atoms with van der Waals surface area (Å²) in [4.78, 5) is 0. The van der Waals surface area contributed by atoms with Gasteiger partial charge in [-0.1, -0.05) is 128 Å². The van der Waals surface area contributed by atoms with Crippen LogP contribution in [0.1, 0.15) is 129 Å². The van der Waals surface area contributed by atoms with E-state index in [1.54, 1.807) is 0 Å². The van der Waals surface area contributed by atoms with Crippen LogP contribution in [0, 0.1) is 0 Å². The van der Waals surface area contributed by atoms with Crippen LogP contribution >= 0.6 is 9.24 Å². The highest BCUT2D eigenvalue weighted by atomic mass is 31.0. The first-order valence-corrected chi connectivity index (χ1v) is 11.2. The van der Waals surface area contributed by atoms with Gasteiger partial charge in [0, 0.05) is 0 Å². The van der Waals surface area contributed by atoms with E-state index in [4.69, 9.17) is 0 Å². The Hall–Kier alpha value is 0.170. The highest BCUT2D eigenvalue weighted by molar-refractivity contribution is 7.20. The Kier molecular flexibility index (Phi) is 22.3. The average molecular weight is 339 g/mol. The lowest BCUT2D eigenvalue weighted by Crippen LogP contribution is -1.84. The SMILES string of the molecule is CCCCCCCCCCCCCCCCCCCC/C=C/[P]. The van der Waals surface area contributed by atoms with Gasteiger partial charge >= 0.3 is 0 Å². The summed E-state index contributed by atoms with van der Waals surface area (Å²) in [5.74, 6) is 1.87. The Bertz CT molecular complexity index is 222. The van der Waals surface area contributed by atoms with E-state index in [0.29, 0.717) is 0 Å². The van der Waals surface area contributed by atoms with E-state index in [1.807, 2.05) is 5.82 Å². The van der Waals surface area contributed by atoms with Gasteiger partial charge in [0.05, 0.1) is 0 Å². The summed E-state index contributed by atoms with van der Waals surface area (Å²) >= 11 is 0. The maximum Gasteiger partial charge on any atom is -0.0146 e. The first kappa shape index (κ1) is 23.2. The highest BCUT2D eigenvalue weighted by Gasteiger charge is 1.94. The van der Waals surface area contributed by atoms with Gasteiger partial charge in [-0.05, 0) is 22.1 Å². The van der Waals surface area contributed by atoms with Gasteiger partial charge in [-0.15, -0.1) is 0 Å². The van der Waals surface area contributed by atoms with E-state index in [9.17, 15) is 0 Å². The van der Waals surface area contributed by atoms with Crippen LogP contribution in [0.15, 0.2) is 11.9 Å². The van der Waals surface area contributed by atoms with Crippen LogP contribution in [-0.4, -0.2) is 0 Å². The quantitative estimate of drug-likeness (QED) is 0.162. The van der Waals surface area contributed by atoms with Crippen molar-refractivity contribution in [2.24, 2.45) is 0 Å². The monoisotopic (exact) mass is 338 g/mol. The molecule has 0 spiro atoms. The number of unbranched alkanes of at least 4 members (excludes halogenated alkanes) is 18. The van der Waals surface area contributed by atoms with Crippen molar-refractivity contribution in [1.29, 1.82) is 0 Å². The standard InChI is InChI=1S/C22H43P/c1-2-3-4-5-6-7-8-9-10-11-12-13-14-15-16-17-18-19-20-21-22-23/h21-22H,2-20H2,1H3/b22-21+. The third-order valence-corrected chi connectivity index (χ3v) is 5.04. The van der Waals surface area contributed by atoms with Crippen molar-refractivity contribution in [3.8, 4) is 0 Å². The molecule has 0 heterocycles. The Morgan fingerprint density at radius 2 is 0.783 bits per heavy atom. The maximum absolute atomic E-state index is 4.08. The molecule has 0 aliphatic carbocycles. The Morgan fingerprint density at radius 3 is 1.09 bits per heavy atom. The summed E-state index contributed by atoms with van der Waals surface area (Å²) in [6, 6.07) is 0. The molecule has 23 heavy (non-hydrogen) atoms. The molecule has 0 N–H and O–H groups in total. The van der Waals surface area contributed by atoms with Crippen molar-refractivity contribution in [2.45, 2.75) is 129 Å². The molecule has 0 amide bonds. The van der Waals surface area contributed by atoms with Gasteiger partial charge in [0.2, 0.25) is 0 Å². The van der Waals surface area contributed by atoms with Crippen LogP contribution in [0.2, 0.25) is 0 Å². The molecule has 0 aliphatic heterocycles. The van der Waals surface area contributed by atoms with E-state index in [-0.39, 0.29) is 0 Å². The predicted molar refractivity (Wildman–Crippen MR) is 109 cm³/mol. The molecule has 0 unspecified atom stereocenters. The van der Waals surface area contributed by atoms with Crippen molar-refractivity contribution < 1.29 is 0 Å². The summed E-state index contributed by atoms with van der Waals surface area (Å²) in [6.07, 6.45) is 29.5. The summed E-state index contributed by atoms with van der Waals surface area (Å²) in [6.45, 7) is 2.30. The first-order valence-electron chi connectivity index (χ1n) is 10.7. The first-order chi connectivity index (χ1) is 11.4. The Morgan fingerprint density at radius 1 is 0.478 bits per heavy atom. The maximum atomic E-state index is 4.08. The van der Waals surface area contributed by atoms with Crippen LogP contribution < -0.4 is 0 Å². The second-order valence-corrected chi connectivity index (χ2v) is 7.48. The molecule has 2 radical (unpaired) electrons. The topological polar surface area (TPSA) is 0 Å². The van der Waals surface area contributed by atoms with Crippen molar-refractivity contribution in [1.82, 2.24) is 0 Å². The summed E-state index contributed by atoms with van der Waals surface area (Å²) in [5, 5.41) is 0. The van der Waals surface area contributed by atoms with Gasteiger partial charge in [-0.2, -0.15) is 0 Å². The molecule has 0 atom stereocenters. The largest absolute Gasteiger partial charge is 0.0834 e. The van der Waals surface area contributed by atoms with Crippen LogP contribution in [0.3, 0.4) is 0 Å². The second-order valence-electron chi connectivity index (χ2n) is 7.18. The minimum atomic E-state index is 1.21. The molecule has 0 fully saturated rings. The third-order valence-electron chi connectivity index (χ3n) is 4.83. The number of hydrogen-bond acceptors (Lipinski definition) is 0. The molecule has 0 rings (SSSR count). The zero-order valence-electron chi connectivity index (χ0n) is 16.0. The fourth-order valence-corrected chi connectivity index (χ4v) is 3.39. The third kappa shape index (κ3) is 22.2. The van der Waals surface area contributed by atoms with E-state index in [2.05, 4.69) is 22.2 Å². The number of rotatable bonds is 19. The summed E-state index contributed by atoms with van der Waals surface area (Å²) in [7, 11) is 4.08. The van der Waals surface area contributed by atoms with Gasteiger partial charge in [0.15, 0.2) is 0 Å². The number of allylic oxidation sites excluding steroid dienone is 1. The van der Waals surface area contributed by atoms with Crippen molar-refractivity contribution in [2.75, 3.05) is 0 Å². The molecule has 0 aromatic heterocycles. The van der Waals surface area contributed by atoms with Gasteiger partial charge in [0.25, 0.3) is 0 Å². The Balaban J connectivity index is 2.95. The summed E-state index contributed by atoms with van der Waals surface area (Å²) in [5.41, 5.74) is 0. The van der Waals surface area contributed by atoms with Gasteiger partial charge in [-0.3, -0.25) is 0 Å². The normalized spacial score (nSPS) is 11.6. The summed E-state index contributed by atoms with van der Waals surface area (Å²) < 4.78 is 0. The molecule has 1 heteroatoms. The van der Waals surface area contributed by atoms with Crippen LogP contribution in [0.4, 0.5) is 0 Å². The van der Waals surface area contributed by atoms with E-state index >= 15 is 0 Å². The minimum Gasteiger partial charge on any atom is -0.0834 e. The lowest BCUT2D eigenvalue weighted by Gasteiger charge is -2.03. The molecule has 0 bridgehead atoms. The lowest BCUT2D eigenvalue weighted by atomic mass is 10.0. The van der Waals surface area contributed by atoms with Crippen LogP contribution in [-0.2, 0) is 0 Å². The van der Waals surface area contributed by atoms with Crippen LogP contribution in [0.5, 0.6) is 0 Å². The van der Waals surface area contributed by atoms with E-state index < -0.39 is 0 Å². The molecular formula is C22H43P. The van der Waals surface area contributed by atoms with Gasteiger partial charge < -0.3 is 0 Å². The van der Waals surface area contributed by atoms with Crippen molar-refractivity contribution in [3.63, 3.8) is 0 Å². The fourth-order valence-electron chi connectivity index (χ4n) is 3.24. The number of hydrogen-bond donors (Lipinski definition) is 0. The van der Waals surface area contributed by atoms with E-state index in [0.717, 1.165) is 0 Å². The van der Waals surface area contributed by atoms with Crippen LogP contribution in [0.25, 0.3) is 0 Å². The molecule has 0 aliphatic rings. The molecule has 0 saturated carbocycles. The van der Waals surface area contributed by atoms with E-state index in [1.165, 1.54) is 122 Å². The lowest BCUT2D eigenvalue weighted by molar-refractivity contribution is 0.525. The van der Waals surface area contributed by atoms with Crippen molar-refractivity contribution >= 4 is 9.24 Å². The fraction of sp³-hybridized carbons (Fsp3) is 0.909.